The lowest BCUT2D eigenvalue weighted by atomic mass is 10.1. The van der Waals surface area contributed by atoms with Gasteiger partial charge in [0.15, 0.2) is 28.1 Å². The second-order valence-corrected chi connectivity index (χ2v) is 6.02. The largest absolute Gasteiger partial charge is 0.493 e. The fourth-order valence-electron chi connectivity index (χ4n) is 2.44. The third-order valence-electron chi connectivity index (χ3n) is 3.60. The molecule has 0 unspecified atom stereocenters. The number of nitrogens with zero attached hydrogens (tertiary/aromatic N) is 4. The maximum Gasteiger partial charge on any atom is 0.235 e. The van der Waals surface area contributed by atoms with Crippen LogP contribution in [0.25, 0.3) is 15.7 Å². The molecule has 0 aliphatic heterocycles. The van der Waals surface area contributed by atoms with Crippen molar-refractivity contribution >= 4 is 16.3 Å². The molecule has 1 aromatic carbocycles. The van der Waals surface area contributed by atoms with Crippen LogP contribution in [0, 0.1) is 0 Å². The van der Waals surface area contributed by atoms with Crippen molar-refractivity contribution in [2.45, 2.75) is 6.42 Å². The van der Waals surface area contributed by atoms with Crippen molar-refractivity contribution in [2.24, 2.45) is 0 Å². The Labute approximate surface area is 141 Å². The molecule has 122 valence electrons. The summed E-state index contributed by atoms with van der Waals surface area (Å²) in [5, 5.41) is 13.7. The van der Waals surface area contributed by atoms with Gasteiger partial charge in [-0.25, -0.2) is 0 Å². The lowest BCUT2D eigenvalue weighted by Gasteiger charge is -2.08. The highest BCUT2D eigenvalue weighted by Gasteiger charge is 2.15. The summed E-state index contributed by atoms with van der Waals surface area (Å²) in [6.07, 6.45) is 2.21. The van der Waals surface area contributed by atoms with E-state index in [0.29, 0.717) is 17.9 Å². The van der Waals surface area contributed by atoms with Crippen LogP contribution in [0.1, 0.15) is 11.4 Å². The maximum atomic E-state index is 5.39. The summed E-state index contributed by atoms with van der Waals surface area (Å²) in [6.45, 7) is 0. The second-order valence-electron chi connectivity index (χ2n) is 5.06. The first-order valence-electron chi connectivity index (χ1n) is 7.24. The fraction of sp³-hybridized carbons (Fsp3) is 0.188. The Bertz CT molecular complexity index is 975. The van der Waals surface area contributed by atoms with Crippen LogP contribution in [0.3, 0.4) is 0 Å². The highest BCUT2D eigenvalue weighted by Crippen LogP contribution is 2.29. The van der Waals surface area contributed by atoms with Gasteiger partial charge < -0.3 is 13.9 Å². The molecule has 0 aliphatic carbocycles. The van der Waals surface area contributed by atoms with Gasteiger partial charge in [-0.15, -0.1) is 15.3 Å². The summed E-state index contributed by atoms with van der Waals surface area (Å²) in [5.74, 6) is 2.86. The predicted octanol–water partition coefficient (Wildman–Crippen LogP) is 3.05. The molecule has 4 rings (SSSR count). The van der Waals surface area contributed by atoms with Gasteiger partial charge in [0.2, 0.25) is 4.96 Å². The van der Waals surface area contributed by atoms with Crippen LogP contribution in [0.5, 0.6) is 11.5 Å². The lowest BCUT2D eigenvalue weighted by molar-refractivity contribution is 0.354. The third kappa shape index (κ3) is 2.50. The van der Waals surface area contributed by atoms with E-state index in [-0.39, 0.29) is 0 Å². The van der Waals surface area contributed by atoms with Gasteiger partial charge in [0.05, 0.1) is 20.5 Å². The number of fused-ring (bicyclic) bond motifs is 1. The Kier molecular flexibility index (Phi) is 3.66. The van der Waals surface area contributed by atoms with E-state index in [1.54, 1.807) is 25.0 Å². The van der Waals surface area contributed by atoms with E-state index in [4.69, 9.17) is 13.9 Å². The molecule has 7 nitrogen and oxygen atoms in total. The molecule has 0 radical (unpaired) electrons. The molecular weight excluding hydrogens is 328 g/mol. The SMILES string of the molecule is COc1ccc(Cc2nnc3sc(-c4ccco4)nn23)cc1OC. The molecule has 4 aromatic rings. The van der Waals surface area contributed by atoms with E-state index in [1.165, 1.54) is 11.3 Å². The van der Waals surface area contributed by atoms with Crippen LogP contribution in [0.4, 0.5) is 0 Å². The minimum Gasteiger partial charge on any atom is -0.493 e. The smallest absolute Gasteiger partial charge is 0.235 e. The average Bonchev–Trinajstić information content (AvgIpc) is 3.32. The highest BCUT2D eigenvalue weighted by molar-refractivity contribution is 7.19. The summed E-state index contributed by atoms with van der Waals surface area (Å²) in [4.78, 5) is 0.733. The second kappa shape index (κ2) is 5.97. The molecule has 8 heteroatoms. The van der Waals surface area contributed by atoms with Crippen molar-refractivity contribution in [1.29, 1.82) is 0 Å². The quantitative estimate of drug-likeness (QED) is 0.555. The number of methoxy groups -OCH3 is 2. The van der Waals surface area contributed by atoms with Crippen molar-refractivity contribution in [3.05, 3.63) is 48.0 Å². The maximum absolute atomic E-state index is 5.39. The zero-order chi connectivity index (χ0) is 16.5. The molecule has 3 aromatic heterocycles. The van der Waals surface area contributed by atoms with Gasteiger partial charge in [-0.05, 0) is 29.8 Å². The van der Waals surface area contributed by atoms with Gasteiger partial charge in [0.1, 0.15) is 0 Å². The minimum absolute atomic E-state index is 0.586. The van der Waals surface area contributed by atoms with Gasteiger partial charge in [-0.3, -0.25) is 0 Å². The lowest BCUT2D eigenvalue weighted by Crippen LogP contribution is -1.99. The minimum atomic E-state index is 0.586. The Morgan fingerprint density at radius 1 is 1.12 bits per heavy atom. The van der Waals surface area contributed by atoms with Gasteiger partial charge in [-0.1, -0.05) is 17.4 Å². The summed E-state index contributed by atoms with van der Waals surface area (Å²) < 4.78 is 17.7. The van der Waals surface area contributed by atoms with Crippen LogP contribution in [0.2, 0.25) is 0 Å². The third-order valence-corrected chi connectivity index (χ3v) is 4.51. The number of benzene rings is 1. The van der Waals surface area contributed by atoms with Crippen LogP contribution in [0.15, 0.2) is 41.0 Å². The molecule has 0 spiro atoms. The first-order valence-corrected chi connectivity index (χ1v) is 8.06. The summed E-state index contributed by atoms with van der Waals surface area (Å²) in [7, 11) is 3.23. The standard InChI is InChI=1S/C16H14N4O3S/c1-21-11-6-5-10(8-13(11)22-2)9-14-17-18-16-20(14)19-15(24-16)12-4-3-7-23-12/h3-8H,9H2,1-2H3. The normalized spacial score (nSPS) is 11.1. The van der Waals surface area contributed by atoms with Crippen molar-refractivity contribution in [3.63, 3.8) is 0 Å². The van der Waals surface area contributed by atoms with E-state index < -0.39 is 0 Å². The molecule has 0 fully saturated rings. The average molecular weight is 342 g/mol. The Morgan fingerprint density at radius 3 is 2.75 bits per heavy atom. The molecule has 0 saturated carbocycles. The zero-order valence-electron chi connectivity index (χ0n) is 13.1. The van der Waals surface area contributed by atoms with Crippen LogP contribution >= 0.6 is 11.3 Å². The molecule has 24 heavy (non-hydrogen) atoms. The number of hydrogen-bond acceptors (Lipinski definition) is 7. The number of rotatable bonds is 5. The van der Waals surface area contributed by atoms with E-state index in [2.05, 4.69) is 15.3 Å². The Morgan fingerprint density at radius 2 is 2.00 bits per heavy atom. The molecule has 0 aliphatic rings. The molecule has 0 atom stereocenters. The number of furan rings is 1. The topological polar surface area (TPSA) is 74.7 Å². The Balaban J connectivity index is 1.67. The number of aromatic nitrogens is 4. The first kappa shape index (κ1) is 14.7. The highest BCUT2D eigenvalue weighted by atomic mass is 32.1. The van der Waals surface area contributed by atoms with Crippen LogP contribution in [-0.2, 0) is 6.42 Å². The van der Waals surface area contributed by atoms with Gasteiger partial charge >= 0.3 is 0 Å². The number of ether oxygens (including phenoxy) is 2. The Hall–Kier alpha value is -2.87. The van der Waals surface area contributed by atoms with Gasteiger partial charge in [-0.2, -0.15) is 4.52 Å². The van der Waals surface area contributed by atoms with E-state index >= 15 is 0 Å². The molecule has 0 saturated heterocycles. The monoisotopic (exact) mass is 342 g/mol. The first-order chi connectivity index (χ1) is 11.8. The van der Waals surface area contributed by atoms with Crippen molar-refractivity contribution in [2.75, 3.05) is 14.2 Å². The molecule has 3 heterocycles. The number of hydrogen-bond donors (Lipinski definition) is 0. The van der Waals surface area contributed by atoms with Crippen molar-refractivity contribution < 1.29 is 13.9 Å². The molecular formula is C16H14N4O3S. The van der Waals surface area contributed by atoms with Gasteiger partial charge in [0, 0.05) is 6.42 Å². The fourth-order valence-corrected chi connectivity index (χ4v) is 3.27. The van der Waals surface area contributed by atoms with E-state index in [1.807, 2.05) is 30.3 Å². The van der Waals surface area contributed by atoms with Crippen LogP contribution in [-0.4, -0.2) is 34.0 Å². The predicted molar refractivity (Wildman–Crippen MR) is 88.7 cm³/mol. The molecule has 0 N–H and O–H groups in total. The van der Waals surface area contributed by atoms with Crippen molar-refractivity contribution in [3.8, 4) is 22.3 Å². The zero-order valence-corrected chi connectivity index (χ0v) is 13.9. The van der Waals surface area contributed by atoms with E-state index in [9.17, 15) is 0 Å². The van der Waals surface area contributed by atoms with Gasteiger partial charge in [0.25, 0.3) is 0 Å². The summed E-state index contributed by atoms with van der Waals surface area (Å²) in [6, 6.07) is 9.49. The molecule has 0 bridgehead atoms. The molecule has 0 amide bonds. The van der Waals surface area contributed by atoms with Crippen LogP contribution < -0.4 is 9.47 Å². The van der Waals surface area contributed by atoms with E-state index in [0.717, 1.165) is 27.1 Å². The van der Waals surface area contributed by atoms with Crippen molar-refractivity contribution in [1.82, 2.24) is 19.8 Å². The summed E-state index contributed by atoms with van der Waals surface area (Å²) in [5.41, 5.74) is 1.04. The summed E-state index contributed by atoms with van der Waals surface area (Å²) >= 11 is 1.44.